The molecule has 2 nitrogen and oxygen atoms in total. The van der Waals surface area contributed by atoms with Crippen molar-refractivity contribution in [2.45, 2.75) is 58.0 Å². The van der Waals surface area contributed by atoms with Crippen molar-refractivity contribution < 1.29 is 4.79 Å². The average molecular weight is 259 g/mol. The SMILES string of the molecule is CC(C)(C)c1ccc(CN2CCCCC2C=O)cc1. The van der Waals surface area contributed by atoms with Gasteiger partial charge in [0.1, 0.15) is 6.29 Å². The van der Waals surface area contributed by atoms with Crippen molar-refractivity contribution in [1.29, 1.82) is 0 Å². The summed E-state index contributed by atoms with van der Waals surface area (Å²) < 4.78 is 0. The Bertz CT molecular complexity index is 416. The van der Waals surface area contributed by atoms with Gasteiger partial charge in [0, 0.05) is 6.54 Å². The van der Waals surface area contributed by atoms with E-state index in [-0.39, 0.29) is 11.5 Å². The van der Waals surface area contributed by atoms with E-state index in [2.05, 4.69) is 49.9 Å². The number of carbonyl (C=O) groups is 1. The standard InChI is InChI=1S/C17H25NO/c1-17(2,3)15-9-7-14(8-10-15)12-18-11-5-4-6-16(18)13-19/h7-10,13,16H,4-6,11-12H2,1-3H3. The average Bonchev–Trinajstić information content (AvgIpc) is 2.39. The molecule has 2 heteroatoms. The third kappa shape index (κ3) is 3.66. The van der Waals surface area contributed by atoms with Crippen LogP contribution in [0.2, 0.25) is 0 Å². The van der Waals surface area contributed by atoms with Crippen molar-refractivity contribution >= 4 is 6.29 Å². The predicted octanol–water partition coefficient (Wildman–Crippen LogP) is 3.54. The molecular formula is C17H25NO. The molecule has 0 N–H and O–H groups in total. The van der Waals surface area contributed by atoms with Gasteiger partial charge in [-0.25, -0.2) is 0 Å². The summed E-state index contributed by atoms with van der Waals surface area (Å²) in [7, 11) is 0. The molecule has 0 spiro atoms. The molecule has 1 unspecified atom stereocenters. The molecule has 0 amide bonds. The number of aldehydes is 1. The van der Waals surface area contributed by atoms with E-state index in [1.807, 2.05) is 0 Å². The molecule has 104 valence electrons. The first-order chi connectivity index (χ1) is 9.00. The van der Waals surface area contributed by atoms with Crippen LogP contribution in [0.1, 0.15) is 51.2 Å². The Morgan fingerprint density at radius 3 is 2.47 bits per heavy atom. The predicted molar refractivity (Wildman–Crippen MR) is 79.3 cm³/mol. The Kier molecular flexibility index (Phi) is 4.41. The molecular weight excluding hydrogens is 234 g/mol. The molecule has 19 heavy (non-hydrogen) atoms. The summed E-state index contributed by atoms with van der Waals surface area (Å²) in [5, 5.41) is 0. The number of carbonyl (C=O) groups excluding carboxylic acids is 1. The van der Waals surface area contributed by atoms with E-state index < -0.39 is 0 Å². The molecule has 0 bridgehead atoms. The van der Waals surface area contributed by atoms with E-state index in [9.17, 15) is 4.79 Å². The fourth-order valence-electron chi connectivity index (χ4n) is 2.71. The Balaban J connectivity index is 2.04. The summed E-state index contributed by atoms with van der Waals surface area (Å²) in [5.41, 5.74) is 2.87. The maximum Gasteiger partial charge on any atom is 0.137 e. The van der Waals surface area contributed by atoms with Crippen LogP contribution in [0.25, 0.3) is 0 Å². The maximum atomic E-state index is 11.1. The fourth-order valence-corrected chi connectivity index (χ4v) is 2.71. The van der Waals surface area contributed by atoms with Crippen molar-refractivity contribution in [3.05, 3.63) is 35.4 Å². The lowest BCUT2D eigenvalue weighted by Crippen LogP contribution is -2.39. The first-order valence-electron chi connectivity index (χ1n) is 7.29. The molecule has 1 aliphatic heterocycles. The molecule has 1 aliphatic rings. The monoisotopic (exact) mass is 259 g/mol. The molecule has 2 rings (SSSR count). The minimum atomic E-state index is 0.121. The minimum absolute atomic E-state index is 0.121. The zero-order valence-electron chi connectivity index (χ0n) is 12.4. The Morgan fingerprint density at radius 1 is 1.21 bits per heavy atom. The van der Waals surface area contributed by atoms with Crippen LogP contribution < -0.4 is 0 Å². The van der Waals surface area contributed by atoms with Gasteiger partial charge in [0.2, 0.25) is 0 Å². The van der Waals surface area contributed by atoms with Gasteiger partial charge in [0.25, 0.3) is 0 Å². The highest BCUT2D eigenvalue weighted by Crippen LogP contribution is 2.23. The number of hydrogen-bond donors (Lipinski definition) is 0. The topological polar surface area (TPSA) is 20.3 Å². The first kappa shape index (κ1) is 14.3. The molecule has 1 aromatic carbocycles. The van der Waals surface area contributed by atoms with Crippen molar-refractivity contribution in [1.82, 2.24) is 4.90 Å². The number of rotatable bonds is 3. The molecule has 1 fully saturated rings. The smallest absolute Gasteiger partial charge is 0.137 e. The van der Waals surface area contributed by atoms with Gasteiger partial charge >= 0.3 is 0 Å². The van der Waals surface area contributed by atoms with Gasteiger partial charge in [-0.05, 0) is 35.9 Å². The number of hydrogen-bond acceptors (Lipinski definition) is 2. The van der Waals surface area contributed by atoms with Crippen molar-refractivity contribution in [2.24, 2.45) is 0 Å². The number of piperidine rings is 1. The van der Waals surface area contributed by atoms with E-state index >= 15 is 0 Å². The largest absolute Gasteiger partial charge is 0.302 e. The van der Waals surface area contributed by atoms with Crippen molar-refractivity contribution in [3.63, 3.8) is 0 Å². The lowest BCUT2D eigenvalue weighted by atomic mass is 9.86. The molecule has 0 aliphatic carbocycles. The van der Waals surface area contributed by atoms with Gasteiger partial charge in [-0.3, -0.25) is 4.90 Å². The summed E-state index contributed by atoms with van der Waals surface area (Å²) in [6, 6.07) is 8.97. The van der Waals surface area contributed by atoms with E-state index in [1.54, 1.807) is 0 Å². The normalized spacial score (nSPS) is 21.3. The Hall–Kier alpha value is -1.15. The summed E-state index contributed by atoms with van der Waals surface area (Å²) >= 11 is 0. The van der Waals surface area contributed by atoms with Crippen molar-refractivity contribution in [3.8, 4) is 0 Å². The van der Waals surface area contributed by atoms with Crippen LogP contribution in [-0.2, 0) is 16.8 Å². The van der Waals surface area contributed by atoms with Crippen LogP contribution >= 0.6 is 0 Å². The molecule has 1 aromatic rings. The van der Waals surface area contributed by atoms with Gasteiger partial charge in [-0.2, -0.15) is 0 Å². The Labute approximate surface area is 116 Å². The van der Waals surface area contributed by atoms with Gasteiger partial charge in [0.05, 0.1) is 6.04 Å². The van der Waals surface area contributed by atoms with Crippen molar-refractivity contribution in [2.75, 3.05) is 6.54 Å². The highest BCUT2D eigenvalue weighted by molar-refractivity contribution is 5.57. The zero-order valence-corrected chi connectivity index (χ0v) is 12.4. The third-order valence-electron chi connectivity index (χ3n) is 4.03. The molecule has 0 radical (unpaired) electrons. The second kappa shape index (κ2) is 5.87. The Morgan fingerprint density at radius 2 is 1.89 bits per heavy atom. The summed E-state index contributed by atoms with van der Waals surface area (Å²) in [6.45, 7) is 8.64. The lowest BCUT2D eigenvalue weighted by molar-refractivity contribution is -0.113. The molecule has 0 aromatic heterocycles. The minimum Gasteiger partial charge on any atom is -0.302 e. The van der Waals surface area contributed by atoms with E-state index in [0.29, 0.717) is 0 Å². The summed E-state index contributed by atoms with van der Waals surface area (Å²) in [6.07, 6.45) is 4.53. The second-order valence-electron chi connectivity index (χ2n) is 6.62. The third-order valence-corrected chi connectivity index (χ3v) is 4.03. The first-order valence-corrected chi connectivity index (χ1v) is 7.29. The van der Waals surface area contributed by atoms with Gasteiger partial charge < -0.3 is 4.79 Å². The van der Waals surface area contributed by atoms with Gasteiger partial charge in [-0.1, -0.05) is 51.5 Å². The zero-order chi connectivity index (χ0) is 13.9. The van der Waals surface area contributed by atoms with Crippen LogP contribution in [0.4, 0.5) is 0 Å². The molecule has 1 saturated heterocycles. The van der Waals surface area contributed by atoms with Gasteiger partial charge in [-0.15, -0.1) is 0 Å². The fraction of sp³-hybridized carbons (Fsp3) is 0.588. The molecule has 0 saturated carbocycles. The number of benzene rings is 1. The number of nitrogens with zero attached hydrogens (tertiary/aromatic N) is 1. The van der Waals surface area contributed by atoms with Gasteiger partial charge in [0.15, 0.2) is 0 Å². The number of likely N-dealkylation sites (tertiary alicyclic amines) is 1. The quantitative estimate of drug-likeness (QED) is 0.774. The van der Waals surface area contributed by atoms with Crippen LogP contribution in [0.3, 0.4) is 0 Å². The highest BCUT2D eigenvalue weighted by atomic mass is 16.1. The van der Waals surface area contributed by atoms with Crippen LogP contribution in [0, 0.1) is 0 Å². The van der Waals surface area contributed by atoms with E-state index in [4.69, 9.17) is 0 Å². The molecule has 1 atom stereocenters. The summed E-state index contributed by atoms with van der Waals surface area (Å²) in [5.74, 6) is 0. The van der Waals surface area contributed by atoms with Crippen LogP contribution in [-0.4, -0.2) is 23.8 Å². The highest BCUT2D eigenvalue weighted by Gasteiger charge is 2.21. The summed E-state index contributed by atoms with van der Waals surface area (Å²) in [4.78, 5) is 13.4. The van der Waals surface area contributed by atoms with Crippen LogP contribution in [0.5, 0.6) is 0 Å². The lowest BCUT2D eigenvalue weighted by Gasteiger charge is -2.32. The van der Waals surface area contributed by atoms with E-state index in [0.717, 1.165) is 25.8 Å². The molecule has 1 heterocycles. The van der Waals surface area contributed by atoms with Crippen LogP contribution in [0.15, 0.2) is 24.3 Å². The maximum absolute atomic E-state index is 11.1. The van der Waals surface area contributed by atoms with E-state index in [1.165, 1.54) is 24.0 Å². The second-order valence-corrected chi connectivity index (χ2v) is 6.62.